The fraction of sp³-hybridized carbons (Fsp3) is 0.941. The average Bonchev–Trinajstić information content (AvgIpc) is 3.38. The Morgan fingerprint density at radius 3 is 2.14 bits per heavy atom. The van der Waals surface area contributed by atoms with Crippen molar-refractivity contribution in [2.75, 3.05) is 7.11 Å². The molecule has 5 saturated carbocycles. The molecule has 0 amide bonds. The monoisotopic (exact) mass is 482 g/mol. The van der Waals surface area contributed by atoms with Gasteiger partial charge in [-0.25, -0.2) is 0 Å². The quantitative estimate of drug-likeness (QED) is 0.328. The van der Waals surface area contributed by atoms with Crippen LogP contribution in [0.2, 0.25) is 0 Å². The Hall–Kier alpha value is -0.300. The molecule has 1 heteroatoms. The van der Waals surface area contributed by atoms with Crippen LogP contribution in [0.25, 0.3) is 0 Å². The number of allylic oxidation sites excluding steroid dienone is 1. The van der Waals surface area contributed by atoms with E-state index in [1.165, 1.54) is 69.8 Å². The molecule has 5 aliphatic rings. The number of ether oxygens (including phenoxy) is 1. The molecule has 0 unspecified atom stereocenters. The highest BCUT2D eigenvalue weighted by Crippen LogP contribution is 2.89. The molecule has 5 rings (SSSR count). The van der Waals surface area contributed by atoms with E-state index in [1.54, 1.807) is 6.42 Å². The van der Waals surface area contributed by atoms with Gasteiger partial charge in [0.1, 0.15) is 0 Å². The molecule has 5 aliphatic carbocycles. The predicted molar refractivity (Wildman–Crippen MR) is 149 cm³/mol. The molecule has 0 saturated heterocycles. The smallest absolute Gasteiger partial charge is 0.0625 e. The summed E-state index contributed by atoms with van der Waals surface area (Å²) in [5.74, 6) is 4.87. The van der Waals surface area contributed by atoms with Gasteiger partial charge in [0.25, 0.3) is 0 Å². The van der Waals surface area contributed by atoms with Crippen LogP contribution in [-0.2, 0) is 4.74 Å². The van der Waals surface area contributed by atoms with Crippen LogP contribution in [0.1, 0.15) is 126 Å². The lowest BCUT2D eigenvalue weighted by molar-refractivity contribution is -0.166. The summed E-state index contributed by atoms with van der Waals surface area (Å²) in [4.78, 5) is 0. The van der Waals surface area contributed by atoms with Crippen molar-refractivity contribution in [3.8, 4) is 0 Å². The fourth-order valence-corrected chi connectivity index (χ4v) is 12.4. The maximum atomic E-state index is 6.06. The molecule has 35 heavy (non-hydrogen) atoms. The van der Waals surface area contributed by atoms with Gasteiger partial charge >= 0.3 is 0 Å². The summed E-state index contributed by atoms with van der Waals surface area (Å²) < 4.78 is 6.06. The molecular weight excluding hydrogens is 424 g/mol. The van der Waals surface area contributed by atoms with Crippen molar-refractivity contribution in [2.24, 2.45) is 62.6 Å². The van der Waals surface area contributed by atoms with Gasteiger partial charge in [-0.3, -0.25) is 0 Å². The molecule has 0 aliphatic heterocycles. The van der Waals surface area contributed by atoms with E-state index in [0.29, 0.717) is 45.0 Å². The van der Waals surface area contributed by atoms with E-state index in [9.17, 15) is 0 Å². The van der Waals surface area contributed by atoms with Gasteiger partial charge in [-0.05, 0) is 133 Å². The second-order valence-electron chi connectivity index (χ2n) is 15.8. The van der Waals surface area contributed by atoms with Crippen molar-refractivity contribution in [2.45, 2.75) is 132 Å². The highest BCUT2D eigenvalue weighted by atomic mass is 16.5. The first-order valence-electron chi connectivity index (χ1n) is 15.6. The maximum Gasteiger partial charge on any atom is 0.0625 e. The molecular formula is C34H58O. The Bertz CT molecular complexity index is 840. The van der Waals surface area contributed by atoms with Gasteiger partial charge < -0.3 is 4.74 Å². The SMILES string of the molecule is C=C(C(C)C)[C@@H](CC)C[C@@H](C)[C@H]1CC[C@@]2(C)[C@@H]3CC[C@H]4C(C)(C)[C@@H](OC)CC[C@@]45C[C@@]35CC[C@]12C. The third-order valence-electron chi connectivity index (χ3n) is 14.5. The van der Waals surface area contributed by atoms with E-state index in [4.69, 9.17) is 4.74 Å². The first kappa shape index (κ1) is 26.3. The highest BCUT2D eigenvalue weighted by Gasteiger charge is 2.82. The van der Waals surface area contributed by atoms with Gasteiger partial charge in [-0.15, -0.1) is 0 Å². The predicted octanol–water partition coefficient (Wildman–Crippen LogP) is 9.71. The van der Waals surface area contributed by atoms with Crippen molar-refractivity contribution in [1.82, 2.24) is 0 Å². The van der Waals surface area contributed by atoms with Crippen LogP contribution in [0, 0.1) is 62.6 Å². The highest BCUT2D eigenvalue weighted by molar-refractivity contribution is 5.30. The van der Waals surface area contributed by atoms with E-state index < -0.39 is 0 Å². The molecule has 1 nitrogen and oxygen atoms in total. The summed E-state index contributed by atoms with van der Waals surface area (Å²) in [6.07, 6.45) is 16.3. The zero-order valence-corrected chi connectivity index (χ0v) is 24.9. The van der Waals surface area contributed by atoms with Crippen molar-refractivity contribution in [1.29, 1.82) is 0 Å². The van der Waals surface area contributed by atoms with E-state index in [2.05, 4.69) is 62.0 Å². The van der Waals surface area contributed by atoms with Crippen LogP contribution >= 0.6 is 0 Å². The van der Waals surface area contributed by atoms with Crippen LogP contribution in [-0.4, -0.2) is 13.2 Å². The minimum Gasteiger partial charge on any atom is -0.381 e. The molecule has 0 heterocycles. The zero-order valence-electron chi connectivity index (χ0n) is 24.9. The summed E-state index contributed by atoms with van der Waals surface area (Å²) in [5, 5.41) is 0. The zero-order chi connectivity index (χ0) is 25.6. The summed E-state index contributed by atoms with van der Waals surface area (Å²) in [7, 11) is 1.96. The third kappa shape index (κ3) is 3.27. The van der Waals surface area contributed by atoms with Crippen molar-refractivity contribution in [3.63, 3.8) is 0 Å². The number of fused-ring (bicyclic) bond motifs is 2. The van der Waals surface area contributed by atoms with Crippen molar-refractivity contribution >= 4 is 0 Å². The van der Waals surface area contributed by atoms with Gasteiger partial charge in [0.05, 0.1) is 6.10 Å². The summed E-state index contributed by atoms with van der Waals surface area (Å²) in [6, 6.07) is 0. The number of hydrogen-bond donors (Lipinski definition) is 0. The molecule has 2 spiro atoms. The van der Waals surface area contributed by atoms with Crippen molar-refractivity contribution in [3.05, 3.63) is 12.2 Å². The van der Waals surface area contributed by atoms with Gasteiger partial charge in [0, 0.05) is 7.11 Å². The normalized spacial score (nSPS) is 49.4. The lowest BCUT2D eigenvalue weighted by atomic mass is 9.41. The minimum absolute atomic E-state index is 0.337. The van der Waals surface area contributed by atoms with Crippen LogP contribution in [0.4, 0.5) is 0 Å². The van der Waals surface area contributed by atoms with Crippen LogP contribution in [0.15, 0.2) is 12.2 Å². The first-order valence-corrected chi connectivity index (χ1v) is 15.6. The van der Waals surface area contributed by atoms with E-state index in [1.807, 2.05) is 7.11 Å². The molecule has 0 radical (unpaired) electrons. The van der Waals surface area contributed by atoms with Crippen LogP contribution < -0.4 is 0 Å². The lowest BCUT2D eigenvalue weighted by Gasteiger charge is -2.63. The topological polar surface area (TPSA) is 9.23 Å². The number of hydrogen-bond acceptors (Lipinski definition) is 1. The van der Waals surface area contributed by atoms with Crippen molar-refractivity contribution < 1.29 is 4.74 Å². The lowest BCUT2D eigenvalue weighted by Crippen LogP contribution is -2.57. The Labute approximate surface area is 218 Å². The molecule has 5 fully saturated rings. The number of methoxy groups -OCH3 is 1. The Morgan fingerprint density at radius 1 is 0.857 bits per heavy atom. The maximum absolute atomic E-state index is 6.06. The first-order chi connectivity index (χ1) is 16.3. The molecule has 200 valence electrons. The van der Waals surface area contributed by atoms with Crippen LogP contribution in [0.5, 0.6) is 0 Å². The average molecular weight is 483 g/mol. The largest absolute Gasteiger partial charge is 0.381 e. The summed E-state index contributed by atoms with van der Waals surface area (Å²) in [6.45, 7) is 24.9. The molecule has 0 N–H and O–H groups in total. The van der Waals surface area contributed by atoms with E-state index in [0.717, 1.165) is 23.7 Å². The molecule has 0 bridgehead atoms. The van der Waals surface area contributed by atoms with Gasteiger partial charge in [0.15, 0.2) is 0 Å². The Kier molecular flexibility index (Phi) is 6.28. The second-order valence-corrected chi connectivity index (χ2v) is 15.8. The minimum atomic E-state index is 0.337. The molecule has 0 aromatic heterocycles. The number of rotatable bonds is 7. The van der Waals surface area contributed by atoms with Gasteiger partial charge in [-0.1, -0.05) is 67.5 Å². The molecule has 0 aromatic rings. The van der Waals surface area contributed by atoms with E-state index >= 15 is 0 Å². The summed E-state index contributed by atoms with van der Waals surface area (Å²) >= 11 is 0. The standard InChI is InChI=1S/C34H58O/c1-11-25(24(5)22(2)3)20-23(4)26-14-16-32(9)28-13-12-27-30(6,7)29(35-10)15-17-33(27)21-34(28,33)19-18-31(26,32)8/h22-23,25-29H,5,11-21H2,1-4,6-10H3/t23-,25+,26-,27+,28+,29+,31-,32+,33-,34+/m1/s1. The molecule has 10 atom stereocenters. The van der Waals surface area contributed by atoms with Gasteiger partial charge in [-0.2, -0.15) is 0 Å². The van der Waals surface area contributed by atoms with Crippen LogP contribution in [0.3, 0.4) is 0 Å². The van der Waals surface area contributed by atoms with Gasteiger partial charge in [0.2, 0.25) is 0 Å². The fourth-order valence-electron chi connectivity index (χ4n) is 12.4. The molecule has 0 aromatic carbocycles. The second kappa shape index (κ2) is 8.35. The van der Waals surface area contributed by atoms with E-state index in [-0.39, 0.29) is 0 Å². The Morgan fingerprint density at radius 2 is 1.51 bits per heavy atom. The third-order valence-corrected chi connectivity index (χ3v) is 14.5. The Balaban J connectivity index is 1.39. The summed E-state index contributed by atoms with van der Waals surface area (Å²) in [5.41, 5.74) is 4.21.